The second-order valence-corrected chi connectivity index (χ2v) is 9.64. The van der Waals surface area contributed by atoms with E-state index in [1.54, 1.807) is 60.7 Å². The number of methoxy groups -OCH3 is 1. The molecule has 0 unspecified atom stereocenters. The maximum Gasteiger partial charge on any atom is 0.323 e. The molecule has 0 saturated heterocycles. The number of anilines is 3. The summed E-state index contributed by atoms with van der Waals surface area (Å²) in [6, 6.07) is 21.0. The number of nitrogens with one attached hydrogen (secondary N) is 4. The highest BCUT2D eigenvalue weighted by Gasteiger charge is 2.19. The van der Waals surface area contributed by atoms with Crippen molar-refractivity contribution in [2.45, 2.75) is 25.8 Å². The minimum atomic E-state index is -1.07. The lowest BCUT2D eigenvalue weighted by Crippen LogP contribution is -2.30. The molecule has 0 saturated carbocycles. The van der Waals surface area contributed by atoms with Gasteiger partial charge in [0.05, 0.1) is 37.2 Å². The van der Waals surface area contributed by atoms with Gasteiger partial charge < -0.3 is 31.1 Å². The Morgan fingerprint density at radius 3 is 2.30 bits per heavy atom. The Hall–Kier alpha value is -5.71. The summed E-state index contributed by atoms with van der Waals surface area (Å²) < 4.78 is 5.43. The first-order valence-electron chi connectivity index (χ1n) is 13.3. The van der Waals surface area contributed by atoms with Gasteiger partial charge in [-0.05, 0) is 66.1 Å². The van der Waals surface area contributed by atoms with Crippen LogP contribution in [-0.4, -0.2) is 41.0 Å². The van der Waals surface area contributed by atoms with Gasteiger partial charge in [-0.25, -0.2) is 4.79 Å². The second kappa shape index (κ2) is 14.3. The molecule has 0 fully saturated rings. The molecule has 0 aliphatic rings. The molecule has 220 valence electrons. The monoisotopic (exact) mass is 581 g/mol. The quantitative estimate of drug-likeness (QED) is 0.163. The summed E-state index contributed by atoms with van der Waals surface area (Å²) in [6.45, 7) is 1.89. The van der Waals surface area contributed by atoms with E-state index in [-0.39, 0.29) is 18.7 Å². The molecular weight excluding hydrogens is 550 g/mol. The van der Waals surface area contributed by atoms with Crippen molar-refractivity contribution < 1.29 is 29.0 Å². The van der Waals surface area contributed by atoms with Gasteiger partial charge >= 0.3 is 12.0 Å². The Labute approximate surface area is 248 Å². The van der Waals surface area contributed by atoms with Crippen LogP contribution in [0.4, 0.5) is 21.9 Å². The van der Waals surface area contributed by atoms with Crippen molar-refractivity contribution >= 4 is 40.9 Å². The molecule has 0 aliphatic carbocycles. The van der Waals surface area contributed by atoms with Gasteiger partial charge in [-0.2, -0.15) is 0 Å². The number of para-hydroxylation sites is 1. The first-order valence-corrected chi connectivity index (χ1v) is 13.3. The van der Waals surface area contributed by atoms with Crippen molar-refractivity contribution in [3.63, 3.8) is 0 Å². The van der Waals surface area contributed by atoms with E-state index in [1.807, 2.05) is 25.1 Å². The lowest BCUT2D eigenvalue weighted by Gasteiger charge is -2.18. The number of hydrogen-bond donors (Lipinski definition) is 5. The summed E-state index contributed by atoms with van der Waals surface area (Å²) in [5.41, 5.74) is 4.10. The smallest absolute Gasteiger partial charge is 0.323 e. The highest BCUT2D eigenvalue weighted by atomic mass is 16.5. The van der Waals surface area contributed by atoms with E-state index in [1.165, 1.54) is 19.5 Å². The van der Waals surface area contributed by atoms with Crippen molar-refractivity contribution in [2.75, 3.05) is 23.1 Å². The molecule has 11 nitrogen and oxygen atoms in total. The van der Waals surface area contributed by atoms with Crippen LogP contribution in [0, 0.1) is 6.92 Å². The molecular formula is C32H31N5O6. The zero-order valence-corrected chi connectivity index (χ0v) is 23.6. The van der Waals surface area contributed by atoms with Crippen LogP contribution in [0.1, 0.15) is 39.5 Å². The number of ether oxygens (including phenoxy) is 1. The summed E-state index contributed by atoms with van der Waals surface area (Å²) >= 11 is 0. The molecule has 5 N–H and O–H groups in total. The van der Waals surface area contributed by atoms with E-state index in [0.717, 1.165) is 5.56 Å². The number of amides is 4. The van der Waals surface area contributed by atoms with Crippen LogP contribution in [0.2, 0.25) is 0 Å². The zero-order valence-electron chi connectivity index (χ0n) is 23.6. The maximum atomic E-state index is 12.8. The van der Waals surface area contributed by atoms with E-state index in [4.69, 9.17) is 4.74 Å². The number of carboxylic acids is 1. The Morgan fingerprint density at radius 1 is 0.884 bits per heavy atom. The number of aromatic nitrogens is 1. The molecule has 4 rings (SSSR count). The van der Waals surface area contributed by atoms with Crippen molar-refractivity contribution in [1.82, 2.24) is 10.3 Å². The second-order valence-electron chi connectivity index (χ2n) is 9.64. The van der Waals surface area contributed by atoms with Gasteiger partial charge in [0.2, 0.25) is 5.91 Å². The number of rotatable bonds is 11. The van der Waals surface area contributed by atoms with Crippen molar-refractivity contribution in [3.05, 3.63) is 114 Å². The lowest BCUT2D eigenvalue weighted by atomic mass is 10.0. The number of urea groups is 1. The first-order chi connectivity index (χ1) is 20.7. The predicted molar refractivity (Wildman–Crippen MR) is 162 cm³/mol. The van der Waals surface area contributed by atoms with Crippen LogP contribution in [-0.2, 0) is 16.0 Å². The number of aliphatic carboxylic acids is 1. The molecule has 43 heavy (non-hydrogen) atoms. The van der Waals surface area contributed by atoms with Crippen LogP contribution in [0.15, 0.2) is 91.3 Å². The summed E-state index contributed by atoms with van der Waals surface area (Å²) in [4.78, 5) is 53.2. The third kappa shape index (κ3) is 8.64. The van der Waals surface area contributed by atoms with Gasteiger partial charge in [0, 0.05) is 23.8 Å². The van der Waals surface area contributed by atoms with Crippen molar-refractivity contribution in [2.24, 2.45) is 0 Å². The third-order valence-electron chi connectivity index (χ3n) is 6.48. The lowest BCUT2D eigenvalue weighted by molar-refractivity contribution is -0.137. The van der Waals surface area contributed by atoms with E-state index >= 15 is 0 Å². The Bertz CT molecular complexity index is 1610. The summed E-state index contributed by atoms with van der Waals surface area (Å²) in [6.07, 6.45) is 2.65. The largest absolute Gasteiger partial charge is 0.495 e. The standard InChI is InChI=1S/C32H31N5O6/c1-20-6-3-4-8-25(20)36-32(42)37-26-14-9-21(16-28(26)43-2)17-29(38)34-24-12-10-22(11-13-24)27(18-30(39)40)35-31(41)23-7-5-15-33-19-23/h3-16,19,27H,17-18H2,1-2H3,(H,34,38)(H,35,41)(H,39,40)(H2,36,37,42)/t27-/m1/s1. The zero-order chi connectivity index (χ0) is 30.8. The fourth-order valence-corrected chi connectivity index (χ4v) is 4.29. The van der Waals surface area contributed by atoms with Gasteiger partial charge in [0.1, 0.15) is 5.75 Å². The molecule has 11 heteroatoms. The highest BCUT2D eigenvalue weighted by Crippen LogP contribution is 2.27. The van der Waals surface area contributed by atoms with Gasteiger partial charge in [0.15, 0.2) is 0 Å². The van der Waals surface area contributed by atoms with Gasteiger partial charge in [-0.1, -0.05) is 36.4 Å². The van der Waals surface area contributed by atoms with Crippen LogP contribution in [0.3, 0.4) is 0 Å². The fourth-order valence-electron chi connectivity index (χ4n) is 4.29. The molecule has 4 aromatic rings. The van der Waals surface area contributed by atoms with Crippen LogP contribution in [0.25, 0.3) is 0 Å². The third-order valence-corrected chi connectivity index (χ3v) is 6.48. The van der Waals surface area contributed by atoms with E-state index in [9.17, 15) is 24.3 Å². The summed E-state index contributed by atoms with van der Waals surface area (Å²) in [5.74, 6) is -1.41. The maximum absolute atomic E-state index is 12.8. The summed E-state index contributed by atoms with van der Waals surface area (Å²) in [7, 11) is 1.47. The van der Waals surface area contributed by atoms with E-state index in [2.05, 4.69) is 26.3 Å². The van der Waals surface area contributed by atoms with Crippen LogP contribution in [0.5, 0.6) is 5.75 Å². The molecule has 3 aromatic carbocycles. The molecule has 1 atom stereocenters. The number of benzene rings is 3. The van der Waals surface area contributed by atoms with Gasteiger partial charge in [-0.15, -0.1) is 0 Å². The minimum absolute atomic E-state index is 0.0383. The average Bonchev–Trinajstić information content (AvgIpc) is 2.99. The van der Waals surface area contributed by atoms with Crippen LogP contribution >= 0.6 is 0 Å². The van der Waals surface area contributed by atoms with E-state index < -0.39 is 23.9 Å². The topological polar surface area (TPSA) is 159 Å². The van der Waals surface area contributed by atoms with Crippen molar-refractivity contribution in [3.8, 4) is 5.75 Å². The Morgan fingerprint density at radius 2 is 1.63 bits per heavy atom. The molecule has 0 bridgehead atoms. The normalized spacial score (nSPS) is 11.1. The predicted octanol–water partition coefficient (Wildman–Crippen LogP) is 5.17. The average molecular weight is 582 g/mol. The minimum Gasteiger partial charge on any atom is -0.495 e. The number of aryl methyl sites for hydroxylation is 1. The fraction of sp³-hybridized carbons (Fsp3) is 0.156. The molecule has 0 aliphatic heterocycles. The van der Waals surface area contributed by atoms with E-state index in [0.29, 0.717) is 39.5 Å². The molecule has 0 spiro atoms. The first kappa shape index (κ1) is 30.3. The molecule has 0 radical (unpaired) electrons. The number of hydrogen-bond acceptors (Lipinski definition) is 6. The van der Waals surface area contributed by atoms with Crippen molar-refractivity contribution in [1.29, 1.82) is 0 Å². The highest BCUT2D eigenvalue weighted by molar-refractivity contribution is 6.01. The molecule has 4 amide bonds. The number of nitrogens with zero attached hydrogens (tertiary/aromatic N) is 1. The molecule has 1 aromatic heterocycles. The number of carbonyl (C=O) groups is 4. The van der Waals surface area contributed by atoms with Crippen LogP contribution < -0.4 is 26.0 Å². The molecule has 1 heterocycles. The SMILES string of the molecule is COc1cc(CC(=O)Nc2ccc([C@@H](CC(=O)O)NC(=O)c3cccnc3)cc2)ccc1NC(=O)Nc1ccccc1C. The van der Waals surface area contributed by atoms with Gasteiger partial charge in [-0.3, -0.25) is 19.4 Å². The Kier molecular flexibility index (Phi) is 10.0. The number of carbonyl (C=O) groups excluding carboxylic acids is 3. The number of pyridine rings is 1. The van der Waals surface area contributed by atoms with Gasteiger partial charge in [0.25, 0.3) is 5.91 Å². The number of carboxylic acid groups (broad SMARTS) is 1. The summed E-state index contributed by atoms with van der Waals surface area (Å²) in [5, 5.41) is 20.5. The Balaban J connectivity index is 1.36.